The van der Waals surface area contributed by atoms with Gasteiger partial charge in [0.1, 0.15) is 24.5 Å². The highest BCUT2D eigenvalue weighted by Crippen LogP contribution is 2.19. The number of carbonyl (C=O) groups excluding carboxylic acids is 5. The lowest BCUT2D eigenvalue weighted by atomic mass is 10.0. The van der Waals surface area contributed by atoms with Crippen molar-refractivity contribution in [3.05, 3.63) is 71.5 Å². The number of amides is 5. The number of benzene rings is 2. The molecule has 1 aliphatic rings. The molecule has 0 fully saturated rings. The maximum atomic E-state index is 13.6. The summed E-state index contributed by atoms with van der Waals surface area (Å²) in [5.74, 6) is -1.70. The Balaban J connectivity index is 1.64. The van der Waals surface area contributed by atoms with Crippen LogP contribution >= 0.6 is 0 Å². The van der Waals surface area contributed by atoms with Crippen molar-refractivity contribution in [1.29, 1.82) is 5.26 Å². The molecule has 5 amide bonds. The average Bonchev–Trinajstić information content (AvgIpc) is 3.48. The Labute approximate surface area is 279 Å². The van der Waals surface area contributed by atoms with Crippen molar-refractivity contribution < 1.29 is 24.0 Å². The quantitative estimate of drug-likeness (QED) is 0.326. The number of aromatic nitrogens is 3. The molecule has 0 unspecified atom stereocenters. The van der Waals surface area contributed by atoms with Gasteiger partial charge in [-0.2, -0.15) is 10.4 Å². The molecule has 3 atom stereocenters. The van der Waals surface area contributed by atoms with Crippen LogP contribution in [0.1, 0.15) is 68.3 Å². The minimum Gasteiger partial charge on any atom is -0.354 e. The van der Waals surface area contributed by atoms with E-state index in [9.17, 15) is 29.2 Å². The number of nitrogens with one attached hydrogen (secondary N) is 4. The molecule has 252 valence electrons. The number of nitrogens with zero attached hydrogens (tertiary/aromatic N) is 5. The summed E-state index contributed by atoms with van der Waals surface area (Å²) in [7, 11) is 0. The maximum Gasteiger partial charge on any atom is 0.254 e. The SMILES string of the molecule is CC(C)C[C@H]1NC(=O)[C@@H](C)NC(=O)CN(C(=O)c2cccc(C#N)c2)CCCNC(=O)Cn2nc(-c3ccccc3)nc2[C@H](C)NC1=O. The van der Waals surface area contributed by atoms with Crippen molar-refractivity contribution in [3.8, 4) is 17.5 Å². The summed E-state index contributed by atoms with van der Waals surface area (Å²) in [5.41, 5.74) is 1.24. The highest BCUT2D eigenvalue weighted by molar-refractivity contribution is 5.97. The number of hydrogen-bond acceptors (Lipinski definition) is 8. The van der Waals surface area contributed by atoms with E-state index < -0.39 is 41.8 Å². The lowest BCUT2D eigenvalue weighted by molar-refractivity contribution is -0.132. The molecule has 0 radical (unpaired) electrons. The second kappa shape index (κ2) is 16.3. The van der Waals surface area contributed by atoms with Gasteiger partial charge in [-0.15, -0.1) is 0 Å². The molecule has 4 N–H and O–H groups in total. The second-order valence-corrected chi connectivity index (χ2v) is 12.2. The summed E-state index contributed by atoms with van der Waals surface area (Å²) >= 11 is 0. The van der Waals surface area contributed by atoms with E-state index in [1.807, 2.05) is 50.2 Å². The van der Waals surface area contributed by atoms with E-state index in [2.05, 4.69) is 31.3 Å². The first kappa shape index (κ1) is 35.3. The molecular formula is C34H41N9O5. The highest BCUT2D eigenvalue weighted by Gasteiger charge is 2.29. The first-order valence-electron chi connectivity index (χ1n) is 15.9. The van der Waals surface area contributed by atoms with E-state index in [0.717, 1.165) is 5.56 Å². The van der Waals surface area contributed by atoms with Gasteiger partial charge in [0.25, 0.3) is 5.91 Å². The predicted octanol–water partition coefficient (Wildman–Crippen LogP) is 1.69. The van der Waals surface area contributed by atoms with E-state index in [-0.39, 0.29) is 49.1 Å². The summed E-state index contributed by atoms with van der Waals surface area (Å²) < 4.78 is 1.44. The molecule has 2 aromatic carbocycles. The van der Waals surface area contributed by atoms with E-state index in [4.69, 9.17) is 0 Å². The van der Waals surface area contributed by atoms with Crippen molar-refractivity contribution in [2.45, 2.75) is 65.2 Å². The van der Waals surface area contributed by atoms with E-state index >= 15 is 0 Å². The van der Waals surface area contributed by atoms with Gasteiger partial charge in [-0.1, -0.05) is 50.2 Å². The Bertz CT molecular complexity index is 1680. The standard InChI is InChI=1S/C34H41N9O5/c1-21(2)16-27-33(47)38-22(3)31-40-30(25-11-6-5-7-12-25)41-43(31)20-28(44)36-14-9-15-42(19-29(45)37-23(4)32(46)39-27)34(48)26-13-8-10-24(17-26)18-35/h5-8,10-13,17,21-23,27H,9,14-16,19-20H2,1-4H3,(H,36,44)(H,37,45)(H,38,47)(H,39,46)/t22-,23+,27+/m0/s1. The molecule has 48 heavy (non-hydrogen) atoms. The molecule has 14 nitrogen and oxygen atoms in total. The first-order valence-corrected chi connectivity index (χ1v) is 15.9. The summed E-state index contributed by atoms with van der Waals surface area (Å²) in [4.78, 5) is 72.4. The normalized spacial score (nSPS) is 20.2. The van der Waals surface area contributed by atoms with Crippen molar-refractivity contribution in [1.82, 2.24) is 40.9 Å². The van der Waals surface area contributed by atoms with Gasteiger partial charge < -0.3 is 26.2 Å². The molecule has 0 saturated carbocycles. The second-order valence-electron chi connectivity index (χ2n) is 12.2. The third-order valence-corrected chi connectivity index (χ3v) is 7.67. The van der Waals surface area contributed by atoms with Crippen molar-refractivity contribution in [2.75, 3.05) is 19.6 Å². The van der Waals surface area contributed by atoms with Crippen LogP contribution in [0.25, 0.3) is 11.4 Å². The Morgan fingerprint density at radius 2 is 1.69 bits per heavy atom. The van der Waals surface area contributed by atoms with Crippen molar-refractivity contribution in [3.63, 3.8) is 0 Å². The summed E-state index contributed by atoms with van der Waals surface area (Å²) in [6.45, 7) is 6.77. The lowest BCUT2D eigenvalue weighted by Gasteiger charge is -2.25. The molecule has 0 aliphatic carbocycles. The molecule has 1 aliphatic heterocycles. The van der Waals surface area contributed by atoms with Crippen molar-refractivity contribution in [2.24, 2.45) is 5.92 Å². The summed E-state index contributed by atoms with van der Waals surface area (Å²) in [6.07, 6.45) is 0.626. The van der Waals surface area contributed by atoms with Crippen molar-refractivity contribution >= 4 is 29.5 Å². The largest absolute Gasteiger partial charge is 0.354 e. The summed E-state index contributed by atoms with van der Waals surface area (Å²) in [6, 6.07) is 14.7. The van der Waals surface area contributed by atoms with Crippen LogP contribution in [0.4, 0.5) is 0 Å². The Hall–Kier alpha value is -5.58. The minimum absolute atomic E-state index is 0.0407. The van der Waals surface area contributed by atoms with Gasteiger partial charge in [-0.3, -0.25) is 24.0 Å². The Morgan fingerprint density at radius 1 is 0.938 bits per heavy atom. The molecular weight excluding hydrogens is 614 g/mol. The maximum absolute atomic E-state index is 13.6. The fraction of sp³-hybridized carbons (Fsp3) is 0.412. The predicted molar refractivity (Wildman–Crippen MR) is 176 cm³/mol. The van der Waals surface area contributed by atoms with Crippen LogP contribution in [-0.2, 0) is 25.7 Å². The fourth-order valence-electron chi connectivity index (χ4n) is 5.25. The number of carbonyl (C=O) groups is 5. The lowest BCUT2D eigenvalue weighted by Crippen LogP contribution is -2.54. The first-order chi connectivity index (χ1) is 22.9. The number of rotatable bonds is 4. The average molecular weight is 656 g/mol. The molecule has 2 heterocycles. The van der Waals surface area contributed by atoms with Gasteiger partial charge in [0.05, 0.1) is 24.2 Å². The zero-order chi connectivity index (χ0) is 34.8. The Kier molecular flexibility index (Phi) is 12.0. The van der Waals surface area contributed by atoms with Crippen LogP contribution in [0.3, 0.4) is 0 Å². The van der Waals surface area contributed by atoms with Gasteiger partial charge >= 0.3 is 0 Å². The van der Waals surface area contributed by atoms with E-state index in [0.29, 0.717) is 24.5 Å². The van der Waals surface area contributed by atoms with Crippen LogP contribution in [0.5, 0.6) is 0 Å². The van der Waals surface area contributed by atoms with Gasteiger partial charge in [0.15, 0.2) is 5.82 Å². The minimum atomic E-state index is -1.02. The highest BCUT2D eigenvalue weighted by atomic mass is 16.2. The topological polar surface area (TPSA) is 191 Å². The molecule has 1 aromatic heterocycles. The van der Waals surface area contributed by atoms with Crippen LogP contribution in [-0.4, -0.2) is 80.9 Å². The molecule has 0 spiro atoms. The third kappa shape index (κ3) is 9.47. The van der Waals surface area contributed by atoms with Gasteiger partial charge in [-0.05, 0) is 50.8 Å². The smallest absolute Gasteiger partial charge is 0.254 e. The van der Waals surface area contributed by atoms with E-state index in [1.165, 1.54) is 22.6 Å². The van der Waals surface area contributed by atoms with E-state index in [1.54, 1.807) is 25.1 Å². The number of fused-ring (bicyclic) bond motifs is 1. The van der Waals surface area contributed by atoms with Gasteiger partial charge in [0, 0.05) is 24.2 Å². The van der Waals surface area contributed by atoms with Crippen LogP contribution in [0.2, 0.25) is 0 Å². The van der Waals surface area contributed by atoms with Gasteiger partial charge in [-0.25, -0.2) is 9.67 Å². The zero-order valence-corrected chi connectivity index (χ0v) is 27.5. The molecule has 0 bridgehead atoms. The molecule has 0 saturated heterocycles. The fourth-order valence-corrected chi connectivity index (χ4v) is 5.25. The monoisotopic (exact) mass is 655 g/mol. The van der Waals surface area contributed by atoms with Crippen LogP contribution in [0.15, 0.2) is 54.6 Å². The third-order valence-electron chi connectivity index (χ3n) is 7.67. The molecule has 14 heteroatoms. The zero-order valence-electron chi connectivity index (χ0n) is 27.5. The molecule has 3 aromatic rings. The number of nitriles is 1. The Morgan fingerprint density at radius 3 is 2.40 bits per heavy atom. The van der Waals surface area contributed by atoms with Crippen LogP contribution in [0, 0.1) is 17.2 Å². The molecule has 4 rings (SSSR count). The van der Waals surface area contributed by atoms with Gasteiger partial charge in [0.2, 0.25) is 23.6 Å². The number of hydrogen-bond donors (Lipinski definition) is 4. The van der Waals surface area contributed by atoms with Crippen LogP contribution < -0.4 is 21.3 Å². The summed E-state index contributed by atoms with van der Waals surface area (Å²) in [5, 5.41) is 25.0.